The van der Waals surface area contributed by atoms with Gasteiger partial charge in [-0.1, -0.05) is 49.6 Å². The lowest BCUT2D eigenvalue weighted by Crippen LogP contribution is -2.26. The van der Waals surface area contributed by atoms with Gasteiger partial charge in [-0.3, -0.25) is 9.55 Å². The lowest BCUT2D eigenvalue weighted by molar-refractivity contribution is 0.407. The Hall–Kier alpha value is -1.66. The second-order valence-corrected chi connectivity index (χ2v) is 8.31. The van der Waals surface area contributed by atoms with Crippen LogP contribution in [0.25, 0.3) is 0 Å². The lowest BCUT2D eigenvalue weighted by Gasteiger charge is -2.21. The molecule has 1 aromatic carbocycles. The van der Waals surface area contributed by atoms with Gasteiger partial charge >= 0.3 is 0 Å². The molecule has 0 atom stereocenters. The molecule has 6 heteroatoms. The minimum absolute atomic E-state index is 0.343. The Kier molecular flexibility index (Phi) is 5.91. The molecule has 1 N–H and O–H groups in total. The fraction of sp³-hybridized carbons (Fsp3) is 0.526. The molecule has 2 fully saturated rings. The van der Waals surface area contributed by atoms with E-state index >= 15 is 0 Å². The van der Waals surface area contributed by atoms with Crippen LogP contribution in [0.15, 0.2) is 47.1 Å². The molecular weight excluding hydrogens is 336 g/mol. The van der Waals surface area contributed by atoms with Gasteiger partial charge in [-0.05, 0) is 37.3 Å². The minimum atomic E-state index is -4.02. The van der Waals surface area contributed by atoms with Crippen molar-refractivity contribution in [1.29, 1.82) is 0 Å². The van der Waals surface area contributed by atoms with Crippen LogP contribution < -0.4 is 0 Å². The predicted molar refractivity (Wildman–Crippen MR) is 100 cm³/mol. The molecule has 0 spiro atoms. The summed E-state index contributed by atoms with van der Waals surface area (Å²) < 4.78 is 31.7. The maximum absolute atomic E-state index is 11.3. The number of allylic oxidation sites excluding steroid dienone is 2. The third kappa shape index (κ3) is 5.41. The normalized spacial score (nSPS) is 21.9. The van der Waals surface area contributed by atoms with E-state index in [0.29, 0.717) is 12.6 Å². The van der Waals surface area contributed by atoms with Crippen molar-refractivity contribution in [3.63, 3.8) is 0 Å². The molecule has 5 nitrogen and oxygen atoms in total. The Morgan fingerprint density at radius 2 is 1.88 bits per heavy atom. The fourth-order valence-corrected chi connectivity index (χ4v) is 4.32. The first-order chi connectivity index (χ1) is 12.0. The topological polar surface area (TPSA) is 70.0 Å². The molecule has 0 aromatic heterocycles. The molecule has 1 aliphatic carbocycles. The van der Waals surface area contributed by atoms with E-state index in [9.17, 15) is 13.0 Å². The number of rotatable bonds is 5. The molecule has 0 unspecified atom stereocenters. The van der Waals surface area contributed by atoms with Crippen LogP contribution >= 0.6 is 0 Å². The van der Waals surface area contributed by atoms with E-state index in [4.69, 9.17) is 4.99 Å². The fourth-order valence-electron chi connectivity index (χ4n) is 3.63. The Balaban J connectivity index is 1.90. The zero-order valence-electron chi connectivity index (χ0n) is 14.5. The van der Waals surface area contributed by atoms with Gasteiger partial charge in [0.05, 0.1) is 11.8 Å². The van der Waals surface area contributed by atoms with Gasteiger partial charge in [0, 0.05) is 12.2 Å². The Morgan fingerprint density at radius 3 is 2.56 bits per heavy atom. The van der Waals surface area contributed by atoms with E-state index in [0.717, 1.165) is 42.7 Å². The van der Waals surface area contributed by atoms with Crippen LogP contribution in [0.1, 0.15) is 50.5 Å². The zero-order valence-corrected chi connectivity index (χ0v) is 15.3. The second-order valence-electron chi connectivity index (χ2n) is 6.89. The molecule has 1 aromatic rings. The van der Waals surface area contributed by atoms with Crippen molar-refractivity contribution >= 4 is 15.8 Å². The first-order valence-corrected chi connectivity index (χ1v) is 10.7. The van der Waals surface area contributed by atoms with Crippen LogP contribution in [0.3, 0.4) is 0 Å². The second kappa shape index (κ2) is 8.15. The third-order valence-corrected chi connectivity index (χ3v) is 5.49. The standard InChI is InChI=1S/C19H26N2O3S/c22-25(23,24)15-21-13-7-12-18(21)14-19(16-8-3-1-4-9-16)20-17-10-5-2-6-11-17/h1,3-4,8-9,14,17H,2,5-7,10-13,15H2,(H,22,23,24). The van der Waals surface area contributed by atoms with Crippen molar-refractivity contribution in [3.05, 3.63) is 47.7 Å². The van der Waals surface area contributed by atoms with Gasteiger partial charge in [0.15, 0.2) is 0 Å². The molecular formula is C19H26N2O3S. The molecule has 25 heavy (non-hydrogen) atoms. The molecule has 136 valence electrons. The van der Waals surface area contributed by atoms with Crippen molar-refractivity contribution in [3.8, 4) is 0 Å². The highest BCUT2D eigenvalue weighted by molar-refractivity contribution is 7.85. The highest BCUT2D eigenvalue weighted by atomic mass is 32.2. The number of likely N-dealkylation sites (tertiary alicyclic amines) is 1. The van der Waals surface area contributed by atoms with Crippen LogP contribution in [-0.2, 0) is 10.1 Å². The zero-order chi connectivity index (χ0) is 17.7. The summed E-state index contributed by atoms with van der Waals surface area (Å²) in [6.07, 6.45) is 9.70. The molecule has 2 aliphatic rings. The number of nitrogens with zero attached hydrogens (tertiary/aromatic N) is 2. The summed E-state index contributed by atoms with van der Waals surface area (Å²) in [6, 6.07) is 10.4. The Morgan fingerprint density at radius 1 is 1.16 bits per heavy atom. The van der Waals surface area contributed by atoms with Crippen molar-refractivity contribution in [2.75, 3.05) is 12.4 Å². The largest absolute Gasteiger partial charge is 0.359 e. The summed E-state index contributed by atoms with van der Waals surface area (Å²) >= 11 is 0. The van der Waals surface area contributed by atoms with Crippen LogP contribution in [0.5, 0.6) is 0 Å². The molecule has 1 aliphatic heterocycles. The number of hydrogen-bond acceptors (Lipinski definition) is 4. The van der Waals surface area contributed by atoms with Crippen LogP contribution in [0.4, 0.5) is 0 Å². The highest BCUT2D eigenvalue weighted by Crippen LogP contribution is 2.25. The average Bonchev–Trinajstić information content (AvgIpc) is 3.01. The van der Waals surface area contributed by atoms with Crippen molar-refractivity contribution in [2.24, 2.45) is 4.99 Å². The number of aliphatic imine (C=N–C) groups is 1. The summed E-state index contributed by atoms with van der Waals surface area (Å²) in [7, 11) is -4.02. The third-order valence-electron chi connectivity index (χ3n) is 4.86. The molecule has 0 amide bonds. The van der Waals surface area contributed by atoms with E-state index in [1.807, 2.05) is 36.4 Å². The Labute approximate surface area is 150 Å². The first kappa shape index (κ1) is 18.1. The van der Waals surface area contributed by atoms with Gasteiger partial charge in [0.1, 0.15) is 5.88 Å². The van der Waals surface area contributed by atoms with Gasteiger partial charge in [-0.25, -0.2) is 0 Å². The summed E-state index contributed by atoms with van der Waals surface area (Å²) in [5.41, 5.74) is 2.92. The van der Waals surface area contributed by atoms with E-state index in [2.05, 4.69) is 0 Å². The highest BCUT2D eigenvalue weighted by Gasteiger charge is 2.22. The van der Waals surface area contributed by atoms with Gasteiger partial charge in [-0.15, -0.1) is 0 Å². The van der Waals surface area contributed by atoms with E-state index < -0.39 is 10.1 Å². The van der Waals surface area contributed by atoms with Crippen molar-refractivity contribution < 1.29 is 13.0 Å². The van der Waals surface area contributed by atoms with Gasteiger partial charge in [0.25, 0.3) is 10.1 Å². The predicted octanol–water partition coefficient (Wildman–Crippen LogP) is 3.63. The van der Waals surface area contributed by atoms with Crippen molar-refractivity contribution in [1.82, 2.24) is 4.90 Å². The molecule has 1 heterocycles. The molecule has 1 saturated carbocycles. The lowest BCUT2D eigenvalue weighted by atomic mass is 9.95. The minimum Gasteiger partial charge on any atom is -0.359 e. The number of benzene rings is 1. The van der Waals surface area contributed by atoms with Crippen LogP contribution in [0, 0.1) is 0 Å². The Bertz CT molecular complexity index is 735. The van der Waals surface area contributed by atoms with Gasteiger partial charge in [0.2, 0.25) is 0 Å². The molecule has 3 rings (SSSR count). The van der Waals surface area contributed by atoms with Gasteiger partial charge < -0.3 is 4.90 Å². The first-order valence-electron chi connectivity index (χ1n) is 9.05. The van der Waals surface area contributed by atoms with E-state index in [1.54, 1.807) is 4.90 Å². The SMILES string of the molecule is O=S(=O)(O)CN1CCCC1=CC(=NC1CCCCC1)c1ccccc1. The summed E-state index contributed by atoms with van der Waals surface area (Å²) in [5.74, 6) is -0.343. The molecule has 0 radical (unpaired) electrons. The average molecular weight is 362 g/mol. The number of hydrogen-bond donors (Lipinski definition) is 1. The maximum Gasteiger partial charge on any atom is 0.283 e. The van der Waals surface area contributed by atoms with E-state index in [-0.39, 0.29) is 5.88 Å². The smallest absolute Gasteiger partial charge is 0.283 e. The van der Waals surface area contributed by atoms with Crippen LogP contribution in [0.2, 0.25) is 0 Å². The van der Waals surface area contributed by atoms with Crippen molar-refractivity contribution in [2.45, 2.75) is 51.0 Å². The van der Waals surface area contributed by atoms with Gasteiger partial charge in [-0.2, -0.15) is 8.42 Å². The van der Waals surface area contributed by atoms with Crippen LogP contribution in [-0.4, -0.2) is 42.0 Å². The summed E-state index contributed by atoms with van der Waals surface area (Å²) in [5, 5.41) is 0. The maximum atomic E-state index is 11.3. The van der Waals surface area contributed by atoms with E-state index in [1.165, 1.54) is 19.3 Å². The summed E-state index contributed by atoms with van der Waals surface area (Å²) in [4.78, 5) is 6.75. The molecule has 1 saturated heterocycles. The monoisotopic (exact) mass is 362 g/mol. The summed E-state index contributed by atoms with van der Waals surface area (Å²) in [6.45, 7) is 0.650. The quantitative estimate of drug-likeness (QED) is 0.641. The molecule has 0 bridgehead atoms.